The highest BCUT2D eigenvalue weighted by Crippen LogP contribution is 2.40. The minimum Gasteiger partial charge on any atom is -0.391 e. The number of hydrogen-bond acceptors (Lipinski definition) is 6. The van der Waals surface area contributed by atoms with Gasteiger partial charge in [0.15, 0.2) is 12.3 Å². The summed E-state index contributed by atoms with van der Waals surface area (Å²) in [6.45, 7) is 4.37. The Hall–Kier alpha value is -1.29. The van der Waals surface area contributed by atoms with Gasteiger partial charge in [0.25, 0.3) is 0 Å². The van der Waals surface area contributed by atoms with Crippen LogP contribution in [0.25, 0.3) is 0 Å². The lowest BCUT2D eigenvalue weighted by atomic mass is 10.1. The quantitative estimate of drug-likeness (QED) is 0.555. The van der Waals surface area contributed by atoms with Gasteiger partial charge in [-0.25, -0.2) is 0 Å². The molecule has 0 bridgehead atoms. The van der Waals surface area contributed by atoms with Gasteiger partial charge in [-0.3, -0.25) is 4.79 Å². The van der Waals surface area contributed by atoms with Crippen molar-refractivity contribution in [3.8, 4) is 0 Å². The smallest absolute Gasteiger partial charge is 0.319 e. The van der Waals surface area contributed by atoms with Crippen LogP contribution in [-0.4, -0.2) is 68.9 Å². The summed E-state index contributed by atoms with van der Waals surface area (Å²) in [7, 11) is 0. The normalized spacial score (nSPS) is 38.8. The molecule has 0 aromatic carbocycles. The summed E-state index contributed by atoms with van der Waals surface area (Å²) in [6.07, 6.45) is -7.12. The topological polar surface area (TPSA) is 102 Å². The number of ether oxygens (including phenoxy) is 1. The third kappa shape index (κ3) is 3.06. The van der Waals surface area contributed by atoms with Crippen molar-refractivity contribution in [2.45, 2.75) is 69.9 Å². The number of amides is 1. The highest BCUT2D eigenvalue weighted by molar-refractivity contribution is 5.93. The number of carbonyl (C=O) groups is 1. The number of alkyl halides is 2. The van der Waals surface area contributed by atoms with E-state index in [0.717, 1.165) is 11.1 Å². The molecule has 2 heterocycles. The van der Waals surface area contributed by atoms with Gasteiger partial charge in [0.1, 0.15) is 12.3 Å². The molecule has 132 valence electrons. The van der Waals surface area contributed by atoms with E-state index in [4.69, 9.17) is 4.74 Å². The molecule has 9 heteroatoms. The van der Waals surface area contributed by atoms with Gasteiger partial charge < -0.3 is 30.3 Å². The molecule has 6 atom stereocenters. The maximum Gasteiger partial charge on any atom is 0.319 e. The third-order valence-electron chi connectivity index (χ3n) is 4.16. The maximum atomic E-state index is 14.4. The van der Waals surface area contributed by atoms with Crippen molar-refractivity contribution in [2.24, 2.45) is 0 Å². The van der Waals surface area contributed by atoms with Gasteiger partial charge >= 0.3 is 5.92 Å². The Kier molecular flexibility index (Phi) is 4.95. The Balaban J connectivity index is 2.40. The molecule has 23 heavy (non-hydrogen) atoms. The number of rotatable bonds is 3. The van der Waals surface area contributed by atoms with Gasteiger partial charge in [-0.1, -0.05) is 6.92 Å². The number of carbonyl (C=O) groups excluding carboxylic acids is 1. The molecule has 1 saturated heterocycles. The molecule has 0 spiro atoms. The fourth-order valence-corrected chi connectivity index (χ4v) is 2.73. The molecule has 4 N–H and O–H groups in total. The fourth-order valence-electron chi connectivity index (χ4n) is 2.73. The minimum atomic E-state index is -3.73. The summed E-state index contributed by atoms with van der Waals surface area (Å²) in [5.41, 5.74) is 0.197. The van der Waals surface area contributed by atoms with E-state index in [9.17, 15) is 28.9 Å². The van der Waals surface area contributed by atoms with Gasteiger partial charge in [-0.2, -0.15) is 8.78 Å². The number of aliphatic hydroxyl groups is 3. The Labute approximate surface area is 132 Å². The standard InChI is InChI=1S/C14H22F2N2O5/c1-4-8-5-18(12(22)6(2)17-11(8)21)13-14(15,16)10(20)9(23-13)7(3)19/h5-7,9-10,12-13,19-20,22H,4H2,1-3H3,(H,17,21). The van der Waals surface area contributed by atoms with Gasteiger partial charge in [-0.15, -0.1) is 0 Å². The van der Waals surface area contributed by atoms with Crippen molar-refractivity contribution in [1.82, 2.24) is 10.2 Å². The SMILES string of the molecule is CCC1=CN(C2OC(C(C)O)C(O)C2(F)F)C(O)C(C)NC1=O. The van der Waals surface area contributed by atoms with E-state index in [2.05, 4.69) is 5.32 Å². The molecule has 7 nitrogen and oxygen atoms in total. The summed E-state index contributed by atoms with van der Waals surface area (Å²) >= 11 is 0. The monoisotopic (exact) mass is 336 g/mol. The lowest BCUT2D eigenvalue weighted by Crippen LogP contribution is -2.55. The molecule has 1 fully saturated rings. The van der Waals surface area contributed by atoms with E-state index in [1.807, 2.05) is 0 Å². The van der Waals surface area contributed by atoms with E-state index in [1.165, 1.54) is 13.8 Å². The largest absolute Gasteiger partial charge is 0.391 e. The maximum absolute atomic E-state index is 14.4. The van der Waals surface area contributed by atoms with E-state index in [0.29, 0.717) is 0 Å². The van der Waals surface area contributed by atoms with Gasteiger partial charge in [-0.05, 0) is 20.3 Å². The zero-order valence-corrected chi connectivity index (χ0v) is 13.1. The molecule has 2 rings (SSSR count). The van der Waals surface area contributed by atoms with E-state index in [-0.39, 0.29) is 12.0 Å². The Morgan fingerprint density at radius 2 is 2.09 bits per heavy atom. The average Bonchev–Trinajstić information content (AvgIpc) is 2.64. The van der Waals surface area contributed by atoms with Gasteiger partial charge in [0.2, 0.25) is 5.91 Å². The molecule has 0 aliphatic carbocycles. The third-order valence-corrected chi connectivity index (χ3v) is 4.16. The van der Waals surface area contributed by atoms with Crippen molar-refractivity contribution >= 4 is 5.91 Å². The summed E-state index contributed by atoms with van der Waals surface area (Å²) in [5, 5.41) is 32.0. The minimum absolute atomic E-state index is 0.197. The molecule has 0 radical (unpaired) electrons. The molecule has 2 aliphatic heterocycles. The highest BCUT2D eigenvalue weighted by atomic mass is 19.3. The second-order valence-electron chi connectivity index (χ2n) is 5.94. The lowest BCUT2D eigenvalue weighted by Gasteiger charge is -2.35. The first kappa shape index (κ1) is 18.1. The van der Waals surface area contributed by atoms with Crippen LogP contribution in [0.15, 0.2) is 11.8 Å². The average molecular weight is 336 g/mol. The van der Waals surface area contributed by atoms with Crippen molar-refractivity contribution in [1.29, 1.82) is 0 Å². The molecule has 0 aromatic rings. The lowest BCUT2D eigenvalue weighted by molar-refractivity contribution is -0.191. The second kappa shape index (κ2) is 6.31. The van der Waals surface area contributed by atoms with Crippen LogP contribution in [0.1, 0.15) is 27.2 Å². The summed E-state index contributed by atoms with van der Waals surface area (Å²) in [6, 6.07) is -0.829. The predicted molar refractivity (Wildman–Crippen MR) is 75.1 cm³/mol. The van der Waals surface area contributed by atoms with Crippen molar-refractivity contribution < 1.29 is 33.6 Å². The second-order valence-corrected chi connectivity index (χ2v) is 5.94. The van der Waals surface area contributed by atoms with E-state index >= 15 is 0 Å². The van der Waals surface area contributed by atoms with Crippen LogP contribution in [0, 0.1) is 0 Å². The van der Waals surface area contributed by atoms with E-state index < -0.39 is 48.6 Å². The first-order valence-corrected chi connectivity index (χ1v) is 7.47. The number of hydrogen-bond donors (Lipinski definition) is 4. The van der Waals surface area contributed by atoms with Crippen molar-refractivity contribution in [3.05, 3.63) is 11.8 Å². The van der Waals surface area contributed by atoms with Crippen molar-refractivity contribution in [2.75, 3.05) is 0 Å². The zero-order chi connectivity index (χ0) is 17.5. The first-order chi connectivity index (χ1) is 10.6. The zero-order valence-electron chi connectivity index (χ0n) is 13.1. The van der Waals surface area contributed by atoms with Crippen LogP contribution in [0.5, 0.6) is 0 Å². The van der Waals surface area contributed by atoms with Crippen molar-refractivity contribution in [3.63, 3.8) is 0 Å². The summed E-state index contributed by atoms with van der Waals surface area (Å²) < 4.78 is 33.9. The molecule has 1 amide bonds. The summed E-state index contributed by atoms with van der Waals surface area (Å²) in [5.74, 6) is -4.19. The van der Waals surface area contributed by atoms with E-state index in [1.54, 1.807) is 6.92 Å². The fraction of sp³-hybridized carbons (Fsp3) is 0.786. The molecule has 0 saturated carbocycles. The molecule has 6 unspecified atom stereocenters. The highest BCUT2D eigenvalue weighted by Gasteiger charge is 2.62. The molecular weight excluding hydrogens is 314 g/mol. The van der Waals surface area contributed by atoms with Crippen LogP contribution in [0.2, 0.25) is 0 Å². The van der Waals surface area contributed by atoms with Crippen LogP contribution in [0.4, 0.5) is 8.78 Å². The number of nitrogens with one attached hydrogen (secondary N) is 1. The molecular formula is C14H22F2N2O5. The van der Waals surface area contributed by atoms with Crippen LogP contribution < -0.4 is 5.32 Å². The number of nitrogens with zero attached hydrogens (tertiary/aromatic N) is 1. The van der Waals surface area contributed by atoms with Crippen LogP contribution >= 0.6 is 0 Å². The van der Waals surface area contributed by atoms with Crippen LogP contribution in [-0.2, 0) is 9.53 Å². The Morgan fingerprint density at radius 3 is 2.57 bits per heavy atom. The predicted octanol–water partition coefficient (Wildman–Crippen LogP) is -0.479. The van der Waals surface area contributed by atoms with Crippen LogP contribution in [0.3, 0.4) is 0 Å². The molecule has 2 aliphatic rings. The summed E-state index contributed by atoms with van der Waals surface area (Å²) in [4.78, 5) is 12.8. The number of aliphatic hydroxyl groups excluding tert-OH is 3. The Morgan fingerprint density at radius 1 is 1.48 bits per heavy atom. The van der Waals surface area contributed by atoms with Gasteiger partial charge in [0, 0.05) is 11.8 Å². The first-order valence-electron chi connectivity index (χ1n) is 7.47. The van der Waals surface area contributed by atoms with Gasteiger partial charge in [0.05, 0.1) is 12.1 Å². The Bertz CT molecular complexity index is 500. The number of halogens is 2. The molecule has 0 aromatic heterocycles.